The number of amides is 2. The summed E-state index contributed by atoms with van der Waals surface area (Å²) in [5.41, 5.74) is 3.88. The van der Waals surface area contributed by atoms with Gasteiger partial charge in [-0.3, -0.25) is 4.90 Å². The van der Waals surface area contributed by atoms with Crippen molar-refractivity contribution in [2.24, 2.45) is 0 Å². The van der Waals surface area contributed by atoms with Crippen LogP contribution in [0.1, 0.15) is 30.0 Å². The first kappa shape index (κ1) is 19.2. The third-order valence-electron chi connectivity index (χ3n) is 5.23. The summed E-state index contributed by atoms with van der Waals surface area (Å²) >= 11 is 0. The van der Waals surface area contributed by atoms with E-state index >= 15 is 0 Å². The highest BCUT2D eigenvalue weighted by Gasteiger charge is 2.22. The van der Waals surface area contributed by atoms with Gasteiger partial charge in [0.25, 0.3) is 0 Å². The van der Waals surface area contributed by atoms with Crippen LogP contribution in [0.4, 0.5) is 4.79 Å². The van der Waals surface area contributed by atoms with E-state index in [9.17, 15) is 4.79 Å². The monoisotopic (exact) mass is 367 g/mol. The molecule has 0 unspecified atom stereocenters. The van der Waals surface area contributed by atoms with Gasteiger partial charge in [0.1, 0.15) is 5.75 Å². The molecule has 0 radical (unpaired) electrons. The smallest absolute Gasteiger partial charge is 0.315 e. The minimum absolute atomic E-state index is 0.131. The Labute approximate surface area is 161 Å². The number of rotatable bonds is 7. The molecule has 0 fully saturated rings. The van der Waals surface area contributed by atoms with Gasteiger partial charge in [-0.2, -0.15) is 0 Å². The average molecular weight is 367 g/mol. The van der Waals surface area contributed by atoms with E-state index in [0.29, 0.717) is 19.1 Å². The van der Waals surface area contributed by atoms with Crippen LogP contribution in [-0.2, 0) is 19.5 Å². The Balaban J connectivity index is 1.47. The van der Waals surface area contributed by atoms with Crippen molar-refractivity contribution in [2.75, 3.05) is 20.2 Å². The maximum atomic E-state index is 12.2. The van der Waals surface area contributed by atoms with Gasteiger partial charge in [-0.1, -0.05) is 43.3 Å². The van der Waals surface area contributed by atoms with Gasteiger partial charge in [0.05, 0.1) is 7.11 Å². The summed E-state index contributed by atoms with van der Waals surface area (Å²) in [6.07, 6.45) is 2.09. The lowest BCUT2D eigenvalue weighted by Crippen LogP contribution is -2.47. The summed E-state index contributed by atoms with van der Waals surface area (Å²) in [6.45, 7) is 5.32. The molecule has 0 aliphatic carbocycles. The summed E-state index contributed by atoms with van der Waals surface area (Å²) in [5, 5.41) is 5.95. The highest BCUT2D eigenvalue weighted by Crippen LogP contribution is 2.21. The predicted octanol–water partition coefficient (Wildman–Crippen LogP) is 3.33. The van der Waals surface area contributed by atoms with Crippen LogP contribution in [0, 0.1) is 0 Å². The molecule has 0 saturated carbocycles. The molecule has 2 amide bonds. The zero-order chi connectivity index (χ0) is 19.1. The number of carbonyl (C=O) groups is 1. The zero-order valence-corrected chi connectivity index (χ0v) is 16.2. The van der Waals surface area contributed by atoms with Crippen LogP contribution in [0.5, 0.6) is 5.75 Å². The minimum Gasteiger partial charge on any atom is -0.497 e. The van der Waals surface area contributed by atoms with Crippen LogP contribution in [0.25, 0.3) is 0 Å². The summed E-state index contributed by atoms with van der Waals surface area (Å²) in [7, 11) is 1.64. The third kappa shape index (κ3) is 5.23. The van der Waals surface area contributed by atoms with Crippen molar-refractivity contribution in [1.29, 1.82) is 0 Å². The molecule has 0 saturated heterocycles. The van der Waals surface area contributed by atoms with Gasteiger partial charge in [-0.05, 0) is 41.7 Å². The number of benzene rings is 2. The topological polar surface area (TPSA) is 53.6 Å². The number of nitrogens with zero attached hydrogens (tertiary/aromatic N) is 1. The number of carbonyl (C=O) groups excluding carboxylic acids is 1. The quantitative estimate of drug-likeness (QED) is 0.789. The summed E-state index contributed by atoms with van der Waals surface area (Å²) in [5.74, 6) is 0.797. The number of nitrogens with one attached hydrogen (secondary N) is 2. The normalized spacial score (nSPS) is 14.9. The van der Waals surface area contributed by atoms with Gasteiger partial charge in [0.2, 0.25) is 0 Å². The number of hydrogen-bond acceptors (Lipinski definition) is 3. The van der Waals surface area contributed by atoms with Gasteiger partial charge >= 0.3 is 6.03 Å². The van der Waals surface area contributed by atoms with Crippen molar-refractivity contribution in [1.82, 2.24) is 15.5 Å². The van der Waals surface area contributed by atoms with Gasteiger partial charge in [-0.25, -0.2) is 4.79 Å². The first-order valence-electron chi connectivity index (χ1n) is 9.65. The largest absolute Gasteiger partial charge is 0.497 e. The number of methoxy groups -OCH3 is 1. The molecule has 5 heteroatoms. The molecular weight excluding hydrogens is 338 g/mol. The summed E-state index contributed by atoms with van der Waals surface area (Å²) < 4.78 is 5.21. The van der Waals surface area contributed by atoms with Crippen LogP contribution in [0.15, 0.2) is 48.5 Å². The number of hydrogen-bond donors (Lipinski definition) is 2. The van der Waals surface area contributed by atoms with E-state index in [1.807, 2.05) is 24.3 Å². The third-order valence-corrected chi connectivity index (χ3v) is 5.23. The predicted molar refractivity (Wildman–Crippen MR) is 108 cm³/mol. The molecule has 1 heterocycles. The summed E-state index contributed by atoms with van der Waals surface area (Å²) in [6, 6.07) is 16.6. The lowest BCUT2D eigenvalue weighted by Gasteiger charge is -2.35. The fourth-order valence-electron chi connectivity index (χ4n) is 3.60. The molecule has 27 heavy (non-hydrogen) atoms. The molecule has 144 valence electrons. The first-order chi connectivity index (χ1) is 13.2. The zero-order valence-electron chi connectivity index (χ0n) is 16.2. The van der Waals surface area contributed by atoms with Crippen LogP contribution in [-0.4, -0.2) is 37.2 Å². The van der Waals surface area contributed by atoms with Crippen molar-refractivity contribution in [3.8, 4) is 5.75 Å². The van der Waals surface area contributed by atoms with Crippen molar-refractivity contribution in [2.45, 2.75) is 38.9 Å². The van der Waals surface area contributed by atoms with Gasteiger partial charge < -0.3 is 15.4 Å². The molecule has 2 N–H and O–H groups in total. The standard InChI is InChI=1S/C22H29N3O2/c1-3-20(25-12-11-18-8-4-5-9-19(18)16-25)15-24-22(26)23-14-17-7-6-10-21(13-17)27-2/h4-10,13,20H,3,11-12,14-16H2,1-2H3,(H2,23,24,26)/t20-/m0/s1. The summed E-state index contributed by atoms with van der Waals surface area (Å²) in [4.78, 5) is 14.7. The van der Waals surface area contributed by atoms with Crippen LogP contribution in [0.2, 0.25) is 0 Å². The second-order valence-corrected chi connectivity index (χ2v) is 6.97. The Bertz CT molecular complexity index is 763. The Morgan fingerprint density at radius 2 is 1.96 bits per heavy atom. The molecule has 1 atom stereocenters. The van der Waals surface area contributed by atoms with E-state index < -0.39 is 0 Å². The Morgan fingerprint density at radius 1 is 1.15 bits per heavy atom. The first-order valence-corrected chi connectivity index (χ1v) is 9.65. The van der Waals surface area contributed by atoms with E-state index in [-0.39, 0.29) is 6.03 Å². The van der Waals surface area contributed by atoms with E-state index in [4.69, 9.17) is 4.74 Å². The Morgan fingerprint density at radius 3 is 2.74 bits per heavy atom. The molecule has 0 spiro atoms. The van der Waals surface area contributed by atoms with Crippen LogP contribution < -0.4 is 15.4 Å². The molecule has 3 rings (SSSR count). The average Bonchev–Trinajstić information content (AvgIpc) is 2.72. The molecule has 0 bridgehead atoms. The van der Waals surface area contributed by atoms with Crippen molar-refractivity contribution < 1.29 is 9.53 Å². The molecule has 5 nitrogen and oxygen atoms in total. The molecule has 2 aromatic carbocycles. The van der Waals surface area contributed by atoms with Crippen LogP contribution >= 0.6 is 0 Å². The van der Waals surface area contributed by atoms with Crippen LogP contribution in [0.3, 0.4) is 0 Å². The number of ether oxygens (including phenoxy) is 1. The molecule has 1 aliphatic rings. The van der Waals surface area contributed by atoms with E-state index in [0.717, 1.165) is 37.2 Å². The molecular formula is C22H29N3O2. The van der Waals surface area contributed by atoms with Gasteiger partial charge in [0.15, 0.2) is 0 Å². The van der Waals surface area contributed by atoms with Crippen molar-refractivity contribution in [3.63, 3.8) is 0 Å². The fraction of sp³-hybridized carbons (Fsp3) is 0.409. The maximum Gasteiger partial charge on any atom is 0.315 e. The minimum atomic E-state index is -0.131. The highest BCUT2D eigenvalue weighted by molar-refractivity contribution is 5.73. The molecule has 2 aromatic rings. The Hall–Kier alpha value is -2.53. The molecule has 1 aliphatic heterocycles. The second-order valence-electron chi connectivity index (χ2n) is 6.97. The SMILES string of the molecule is CC[C@@H](CNC(=O)NCc1cccc(OC)c1)N1CCc2ccccc2C1. The number of fused-ring (bicyclic) bond motifs is 1. The number of urea groups is 1. The highest BCUT2D eigenvalue weighted by atomic mass is 16.5. The van der Waals surface area contributed by atoms with E-state index in [1.54, 1.807) is 7.11 Å². The Kier molecular flexibility index (Phi) is 6.71. The van der Waals surface area contributed by atoms with E-state index in [1.165, 1.54) is 11.1 Å². The van der Waals surface area contributed by atoms with Crippen molar-refractivity contribution in [3.05, 3.63) is 65.2 Å². The van der Waals surface area contributed by atoms with Gasteiger partial charge in [-0.15, -0.1) is 0 Å². The fourth-order valence-corrected chi connectivity index (χ4v) is 3.60. The lowest BCUT2D eigenvalue weighted by molar-refractivity contribution is 0.169. The lowest BCUT2D eigenvalue weighted by atomic mass is 9.98. The maximum absolute atomic E-state index is 12.2. The van der Waals surface area contributed by atoms with E-state index in [2.05, 4.69) is 46.7 Å². The molecule has 0 aromatic heterocycles. The second kappa shape index (κ2) is 9.42. The van der Waals surface area contributed by atoms with Gasteiger partial charge in [0, 0.05) is 32.2 Å². The van der Waals surface area contributed by atoms with Crippen molar-refractivity contribution >= 4 is 6.03 Å².